The monoisotopic (exact) mass is 159 g/mol. The summed E-state index contributed by atoms with van der Waals surface area (Å²) in [6, 6.07) is 7.59. The van der Waals surface area contributed by atoms with E-state index >= 15 is 0 Å². The molecule has 0 fully saturated rings. The lowest BCUT2D eigenvalue weighted by molar-refractivity contribution is 0.0981. The minimum absolute atomic E-state index is 0.00120. The fourth-order valence-electron chi connectivity index (χ4n) is 1.40. The van der Waals surface area contributed by atoms with E-state index in [2.05, 4.69) is 5.32 Å². The molecule has 2 heteroatoms. The van der Waals surface area contributed by atoms with Crippen LogP contribution >= 0.6 is 0 Å². The normalized spacial score (nSPS) is 17.8. The van der Waals surface area contributed by atoms with Crippen molar-refractivity contribution in [2.24, 2.45) is 0 Å². The van der Waals surface area contributed by atoms with Crippen LogP contribution in [0.4, 0.5) is 0 Å². The Hall–Kier alpha value is -1.57. The first-order valence-corrected chi connectivity index (χ1v) is 3.90. The number of fused-ring (bicyclic) bond motifs is 1. The lowest BCUT2D eigenvalue weighted by atomic mass is 10.1. The van der Waals surface area contributed by atoms with Gasteiger partial charge in [-0.25, -0.2) is 0 Å². The Morgan fingerprint density at radius 3 is 2.58 bits per heavy atom. The molecule has 0 saturated heterocycles. The molecule has 1 heterocycles. The van der Waals surface area contributed by atoms with Gasteiger partial charge in [-0.15, -0.1) is 0 Å². The van der Waals surface area contributed by atoms with Gasteiger partial charge in [-0.05, 0) is 13.0 Å². The molecule has 1 amide bonds. The quantitative estimate of drug-likeness (QED) is 0.614. The van der Waals surface area contributed by atoms with Gasteiger partial charge in [0.15, 0.2) is 0 Å². The molecule has 0 bridgehead atoms. The standard InChI is InChI=1S/C10H9NO/c1-2-9-7-5-3-4-6-8(7)10(12)11-9/h2-6H,1H3,(H,11,12)/b9-2+. The topological polar surface area (TPSA) is 29.1 Å². The largest absolute Gasteiger partial charge is 0.322 e. The number of nitrogens with one attached hydrogen (secondary N) is 1. The van der Waals surface area contributed by atoms with E-state index < -0.39 is 0 Å². The molecule has 12 heavy (non-hydrogen) atoms. The van der Waals surface area contributed by atoms with E-state index in [1.807, 2.05) is 37.3 Å². The molecular weight excluding hydrogens is 150 g/mol. The summed E-state index contributed by atoms with van der Waals surface area (Å²) < 4.78 is 0. The predicted octanol–water partition coefficient (Wildman–Crippen LogP) is 1.79. The van der Waals surface area contributed by atoms with Crippen LogP contribution in [0.3, 0.4) is 0 Å². The highest BCUT2D eigenvalue weighted by Crippen LogP contribution is 2.23. The van der Waals surface area contributed by atoms with Crippen LogP contribution in [0, 0.1) is 0 Å². The Bertz CT molecular complexity index is 366. The van der Waals surface area contributed by atoms with Crippen molar-refractivity contribution in [2.75, 3.05) is 0 Å². The smallest absolute Gasteiger partial charge is 0.256 e. The van der Waals surface area contributed by atoms with Crippen LogP contribution in [-0.2, 0) is 0 Å². The summed E-state index contributed by atoms with van der Waals surface area (Å²) in [5, 5.41) is 2.79. The first-order valence-electron chi connectivity index (χ1n) is 3.90. The number of allylic oxidation sites excluding steroid dienone is 1. The molecule has 1 aromatic rings. The molecule has 0 atom stereocenters. The van der Waals surface area contributed by atoms with E-state index in [1.165, 1.54) is 0 Å². The lowest BCUT2D eigenvalue weighted by Gasteiger charge is -1.95. The third-order valence-corrected chi connectivity index (χ3v) is 2.00. The van der Waals surface area contributed by atoms with Gasteiger partial charge in [0.25, 0.3) is 5.91 Å². The van der Waals surface area contributed by atoms with Crippen molar-refractivity contribution in [3.05, 3.63) is 41.5 Å². The first kappa shape index (κ1) is 7.10. The highest BCUT2D eigenvalue weighted by Gasteiger charge is 2.21. The average molecular weight is 159 g/mol. The zero-order valence-corrected chi connectivity index (χ0v) is 6.79. The maximum atomic E-state index is 11.3. The van der Waals surface area contributed by atoms with Gasteiger partial charge in [-0.2, -0.15) is 0 Å². The third kappa shape index (κ3) is 0.848. The molecule has 1 N–H and O–H groups in total. The summed E-state index contributed by atoms with van der Waals surface area (Å²) in [5.74, 6) is -0.00120. The fourth-order valence-corrected chi connectivity index (χ4v) is 1.40. The van der Waals surface area contributed by atoms with Crippen molar-refractivity contribution in [1.82, 2.24) is 5.32 Å². The summed E-state index contributed by atoms with van der Waals surface area (Å²) in [6.07, 6.45) is 1.91. The van der Waals surface area contributed by atoms with Crippen LogP contribution in [0.1, 0.15) is 22.8 Å². The minimum Gasteiger partial charge on any atom is -0.322 e. The summed E-state index contributed by atoms with van der Waals surface area (Å²) in [7, 11) is 0. The second kappa shape index (κ2) is 2.48. The second-order valence-electron chi connectivity index (χ2n) is 2.70. The van der Waals surface area contributed by atoms with E-state index in [1.54, 1.807) is 0 Å². The fraction of sp³-hybridized carbons (Fsp3) is 0.100. The Balaban J connectivity index is 2.65. The molecule has 0 saturated carbocycles. The number of hydrogen-bond donors (Lipinski definition) is 1. The average Bonchev–Trinajstić information content (AvgIpc) is 2.44. The van der Waals surface area contributed by atoms with Crippen molar-refractivity contribution in [3.63, 3.8) is 0 Å². The molecule has 2 rings (SSSR count). The highest BCUT2D eigenvalue weighted by atomic mass is 16.1. The van der Waals surface area contributed by atoms with Crippen molar-refractivity contribution >= 4 is 11.6 Å². The van der Waals surface area contributed by atoms with Crippen molar-refractivity contribution in [3.8, 4) is 0 Å². The summed E-state index contributed by atoms with van der Waals surface area (Å²) in [6.45, 7) is 1.91. The molecule has 1 aromatic carbocycles. The van der Waals surface area contributed by atoms with E-state index in [0.29, 0.717) is 0 Å². The molecule has 2 nitrogen and oxygen atoms in total. The van der Waals surface area contributed by atoms with Gasteiger partial charge in [0.2, 0.25) is 0 Å². The maximum Gasteiger partial charge on any atom is 0.256 e. The molecular formula is C10H9NO. The van der Waals surface area contributed by atoms with Gasteiger partial charge in [0.05, 0.1) is 0 Å². The van der Waals surface area contributed by atoms with E-state index in [4.69, 9.17) is 0 Å². The van der Waals surface area contributed by atoms with Crippen LogP contribution in [-0.4, -0.2) is 5.91 Å². The first-order chi connectivity index (χ1) is 5.83. The number of amides is 1. The van der Waals surface area contributed by atoms with Gasteiger partial charge in [0, 0.05) is 16.8 Å². The summed E-state index contributed by atoms with van der Waals surface area (Å²) in [4.78, 5) is 11.3. The molecule has 0 radical (unpaired) electrons. The van der Waals surface area contributed by atoms with Gasteiger partial charge in [-0.1, -0.05) is 24.3 Å². The van der Waals surface area contributed by atoms with Crippen molar-refractivity contribution in [1.29, 1.82) is 0 Å². The number of carbonyl (C=O) groups excluding carboxylic acids is 1. The Labute approximate surface area is 70.9 Å². The van der Waals surface area contributed by atoms with E-state index in [0.717, 1.165) is 16.8 Å². The minimum atomic E-state index is -0.00120. The van der Waals surface area contributed by atoms with Gasteiger partial charge in [-0.3, -0.25) is 4.79 Å². The zero-order chi connectivity index (χ0) is 8.55. The molecule has 1 aliphatic rings. The summed E-state index contributed by atoms with van der Waals surface area (Å²) in [5.41, 5.74) is 2.69. The Morgan fingerprint density at radius 1 is 1.25 bits per heavy atom. The molecule has 0 spiro atoms. The number of rotatable bonds is 0. The van der Waals surface area contributed by atoms with Crippen LogP contribution in [0.25, 0.3) is 5.70 Å². The molecule has 60 valence electrons. The van der Waals surface area contributed by atoms with E-state index in [-0.39, 0.29) is 5.91 Å². The van der Waals surface area contributed by atoms with Crippen LogP contribution in [0.15, 0.2) is 30.3 Å². The van der Waals surface area contributed by atoms with E-state index in [9.17, 15) is 4.79 Å². The Kier molecular flexibility index (Phi) is 1.47. The molecule has 0 unspecified atom stereocenters. The van der Waals surface area contributed by atoms with Gasteiger partial charge < -0.3 is 5.32 Å². The second-order valence-corrected chi connectivity index (χ2v) is 2.70. The number of hydrogen-bond acceptors (Lipinski definition) is 1. The third-order valence-electron chi connectivity index (χ3n) is 2.00. The molecule has 0 aliphatic carbocycles. The van der Waals surface area contributed by atoms with Crippen molar-refractivity contribution in [2.45, 2.75) is 6.92 Å². The lowest BCUT2D eigenvalue weighted by Crippen LogP contribution is -2.11. The highest BCUT2D eigenvalue weighted by molar-refractivity contribution is 6.09. The van der Waals surface area contributed by atoms with Gasteiger partial charge >= 0.3 is 0 Å². The molecule has 0 aromatic heterocycles. The van der Waals surface area contributed by atoms with Crippen molar-refractivity contribution < 1.29 is 4.79 Å². The summed E-state index contributed by atoms with van der Waals surface area (Å²) >= 11 is 0. The Morgan fingerprint density at radius 2 is 1.92 bits per heavy atom. The predicted molar refractivity (Wildman–Crippen MR) is 47.6 cm³/mol. The SMILES string of the molecule is C/C=C1/NC(=O)c2ccccc21. The number of carbonyl (C=O) groups is 1. The van der Waals surface area contributed by atoms with Crippen LogP contribution in [0.5, 0.6) is 0 Å². The number of benzene rings is 1. The van der Waals surface area contributed by atoms with Crippen LogP contribution in [0.2, 0.25) is 0 Å². The maximum absolute atomic E-state index is 11.3. The zero-order valence-electron chi connectivity index (χ0n) is 6.79. The van der Waals surface area contributed by atoms with Gasteiger partial charge in [0.1, 0.15) is 0 Å². The van der Waals surface area contributed by atoms with Crippen LogP contribution < -0.4 is 5.32 Å². The molecule has 1 aliphatic heterocycles.